The molecule has 8 heteroatoms. The molecule has 0 aliphatic heterocycles. The van der Waals surface area contributed by atoms with Crippen molar-refractivity contribution in [2.24, 2.45) is 5.92 Å². The molecule has 3 rings (SSSR count). The molecule has 0 fully saturated rings. The number of nitrogens with one attached hydrogen (secondary N) is 1. The van der Waals surface area contributed by atoms with Crippen molar-refractivity contribution >= 4 is 51.4 Å². The van der Waals surface area contributed by atoms with Crippen molar-refractivity contribution in [2.45, 2.75) is 33.1 Å². The second kappa shape index (κ2) is 9.16. The van der Waals surface area contributed by atoms with Crippen LogP contribution in [0.5, 0.6) is 5.75 Å². The van der Waals surface area contributed by atoms with Crippen LogP contribution in [-0.2, 0) is 22.4 Å². The van der Waals surface area contributed by atoms with E-state index in [-0.39, 0.29) is 19.1 Å². The summed E-state index contributed by atoms with van der Waals surface area (Å²) in [5.41, 5.74) is 1.47. The van der Waals surface area contributed by atoms with Crippen molar-refractivity contribution < 1.29 is 19.1 Å². The Morgan fingerprint density at radius 1 is 1.32 bits per heavy atom. The Morgan fingerprint density at radius 3 is 2.86 bits per heavy atom. The number of fused-ring (bicyclic) bond motifs is 1. The molecule has 1 aromatic heterocycles. The van der Waals surface area contributed by atoms with Crippen LogP contribution < -0.4 is 10.1 Å². The van der Waals surface area contributed by atoms with E-state index in [0.29, 0.717) is 32.3 Å². The van der Waals surface area contributed by atoms with Gasteiger partial charge in [0.05, 0.1) is 17.2 Å². The molecule has 5 nitrogen and oxygen atoms in total. The fourth-order valence-corrected chi connectivity index (χ4v) is 4.90. The minimum absolute atomic E-state index is 0.249. The Bertz CT molecular complexity index is 897. The monoisotopic (exact) mass is 441 g/mol. The Hall–Kier alpha value is -1.76. The van der Waals surface area contributed by atoms with E-state index >= 15 is 0 Å². The number of hydrogen-bond donors (Lipinski definition) is 1. The van der Waals surface area contributed by atoms with Crippen LogP contribution in [0.4, 0.5) is 5.00 Å². The first kappa shape index (κ1) is 21.0. The van der Waals surface area contributed by atoms with Crippen molar-refractivity contribution in [1.82, 2.24) is 0 Å². The van der Waals surface area contributed by atoms with E-state index in [1.807, 2.05) is 0 Å². The van der Waals surface area contributed by atoms with Gasteiger partial charge >= 0.3 is 5.97 Å². The number of carbonyl (C=O) groups is 2. The summed E-state index contributed by atoms with van der Waals surface area (Å²) in [7, 11) is 0. The maximum atomic E-state index is 12.5. The van der Waals surface area contributed by atoms with Crippen LogP contribution in [0.3, 0.4) is 0 Å². The smallest absolute Gasteiger partial charge is 0.341 e. The molecule has 28 heavy (non-hydrogen) atoms. The predicted molar refractivity (Wildman–Crippen MR) is 112 cm³/mol. The summed E-state index contributed by atoms with van der Waals surface area (Å²) in [6.07, 6.45) is 2.72. The number of amides is 1. The topological polar surface area (TPSA) is 64.6 Å². The molecule has 1 aliphatic rings. The van der Waals surface area contributed by atoms with Crippen molar-refractivity contribution in [3.8, 4) is 5.75 Å². The average Bonchev–Trinajstić information content (AvgIpc) is 2.99. The third kappa shape index (κ3) is 4.80. The van der Waals surface area contributed by atoms with Gasteiger partial charge in [-0.15, -0.1) is 11.3 Å². The number of benzene rings is 1. The molecule has 0 unspecified atom stereocenters. The quantitative estimate of drug-likeness (QED) is 0.611. The van der Waals surface area contributed by atoms with Gasteiger partial charge in [-0.05, 0) is 49.8 Å². The summed E-state index contributed by atoms with van der Waals surface area (Å²) >= 11 is 13.4. The van der Waals surface area contributed by atoms with E-state index in [0.717, 1.165) is 29.7 Å². The van der Waals surface area contributed by atoms with Crippen molar-refractivity contribution in [3.63, 3.8) is 0 Å². The van der Waals surface area contributed by atoms with Gasteiger partial charge in [0, 0.05) is 16.0 Å². The van der Waals surface area contributed by atoms with Crippen LogP contribution in [0.2, 0.25) is 10.0 Å². The van der Waals surface area contributed by atoms with E-state index in [2.05, 4.69) is 12.2 Å². The highest BCUT2D eigenvalue weighted by atomic mass is 35.5. The molecule has 0 spiro atoms. The Morgan fingerprint density at radius 2 is 2.11 bits per heavy atom. The number of anilines is 1. The maximum absolute atomic E-state index is 12.5. The summed E-state index contributed by atoms with van der Waals surface area (Å²) < 4.78 is 10.7. The summed E-state index contributed by atoms with van der Waals surface area (Å²) in [6.45, 7) is 3.98. The predicted octanol–water partition coefficient (Wildman–Crippen LogP) is 5.37. The van der Waals surface area contributed by atoms with Gasteiger partial charge in [-0.3, -0.25) is 4.79 Å². The zero-order valence-corrected chi connectivity index (χ0v) is 18.0. The first-order chi connectivity index (χ1) is 13.4. The fraction of sp³-hybridized carbons (Fsp3) is 0.400. The molecule has 0 radical (unpaired) electrons. The lowest BCUT2D eigenvalue weighted by Gasteiger charge is -2.18. The largest absolute Gasteiger partial charge is 0.482 e. The molecule has 0 bridgehead atoms. The second-order valence-corrected chi connectivity index (χ2v) is 8.64. The molecule has 1 heterocycles. The van der Waals surface area contributed by atoms with Gasteiger partial charge in [-0.2, -0.15) is 0 Å². The molecular weight excluding hydrogens is 421 g/mol. The summed E-state index contributed by atoms with van der Waals surface area (Å²) in [5.74, 6) is 0.101. The number of thiophene rings is 1. The molecule has 150 valence electrons. The Kier molecular flexibility index (Phi) is 6.86. The number of carbonyl (C=O) groups excluding carboxylic acids is 2. The molecule has 0 saturated carbocycles. The van der Waals surface area contributed by atoms with E-state index in [1.165, 1.54) is 11.3 Å². The SMILES string of the molecule is CCOC(=O)c1c(NC(=O)COc2cc(Cl)ccc2Cl)sc2c1CC[C@@H](C)C2. The van der Waals surface area contributed by atoms with Crippen molar-refractivity contribution in [2.75, 3.05) is 18.5 Å². The van der Waals surface area contributed by atoms with Crippen LogP contribution in [0.1, 0.15) is 41.1 Å². The fourth-order valence-electron chi connectivity index (χ4n) is 3.15. The number of hydrogen-bond acceptors (Lipinski definition) is 5. The lowest BCUT2D eigenvalue weighted by atomic mass is 9.88. The van der Waals surface area contributed by atoms with E-state index in [1.54, 1.807) is 25.1 Å². The molecule has 1 amide bonds. The maximum Gasteiger partial charge on any atom is 0.341 e. The van der Waals surface area contributed by atoms with Gasteiger partial charge in [0.15, 0.2) is 6.61 Å². The minimum atomic E-state index is -0.399. The number of esters is 1. The number of ether oxygens (including phenoxy) is 2. The average molecular weight is 442 g/mol. The summed E-state index contributed by atoms with van der Waals surface area (Å²) in [6, 6.07) is 4.79. The molecular formula is C20H21Cl2NO4S. The van der Waals surface area contributed by atoms with Gasteiger partial charge in [0.1, 0.15) is 10.8 Å². The molecule has 1 N–H and O–H groups in total. The van der Waals surface area contributed by atoms with Crippen LogP contribution in [0.25, 0.3) is 0 Å². The third-order valence-electron chi connectivity index (χ3n) is 4.50. The first-order valence-electron chi connectivity index (χ1n) is 9.08. The van der Waals surface area contributed by atoms with Crippen LogP contribution in [0.15, 0.2) is 18.2 Å². The molecule has 0 saturated heterocycles. The Labute approximate surface area is 177 Å². The molecule has 1 aromatic carbocycles. The van der Waals surface area contributed by atoms with E-state index in [4.69, 9.17) is 32.7 Å². The van der Waals surface area contributed by atoms with Gasteiger partial charge in [-0.1, -0.05) is 30.1 Å². The van der Waals surface area contributed by atoms with Crippen LogP contribution in [0, 0.1) is 5.92 Å². The van der Waals surface area contributed by atoms with Crippen molar-refractivity contribution in [1.29, 1.82) is 0 Å². The zero-order chi connectivity index (χ0) is 20.3. The second-order valence-electron chi connectivity index (χ2n) is 6.69. The van der Waals surface area contributed by atoms with E-state index in [9.17, 15) is 9.59 Å². The zero-order valence-electron chi connectivity index (χ0n) is 15.6. The molecule has 1 atom stereocenters. The van der Waals surface area contributed by atoms with Gasteiger partial charge < -0.3 is 14.8 Å². The Balaban J connectivity index is 1.76. The number of halogens is 2. The highest BCUT2D eigenvalue weighted by Crippen LogP contribution is 2.40. The highest BCUT2D eigenvalue weighted by Gasteiger charge is 2.29. The summed E-state index contributed by atoms with van der Waals surface area (Å²) in [5, 5.41) is 4.15. The van der Waals surface area contributed by atoms with E-state index < -0.39 is 5.97 Å². The first-order valence-corrected chi connectivity index (χ1v) is 10.7. The van der Waals surface area contributed by atoms with Crippen LogP contribution in [-0.4, -0.2) is 25.1 Å². The van der Waals surface area contributed by atoms with Crippen LogP contribution >= 0.6 is 34.5 Å². The molecule has 2 aromatic rings. The lowest BCUT2D eigenvalue weighted by molar-refractivity contribution is -0.118. The standard InChI is InChI=1S/C20H21Cl2NO4S/c1-3-26-20(25)18-13-6-4-11(2)8-16(13)28-19(18)23-17(24)10-27-15-9-12(21)5-7-14(15)22/h5,7,9,11H,3-4,6,8,10H2,1-2H3,(H,23,24)/t11-/m1/s1. The summed E-state index contributed by atoms with van der Waals surface area (Å²) in [4.78, 5) is 26.1. The third-order valence-corrected chi connectivity index (χ3v) is 6.21. The molecule has 1 aliphatic carbocycles. The normalized spacial score (nSPS) is 15.6. The van der Waals surface area contributed by atoms with Crippen molar-refractivity contribution in [3.05, 3.63) is 44.2 Å². The highest BCUT2D eigenvalue weighted by molar-refractivity contribution is 7.17. The lowest BCUT2D eigenvalue weighted by Crippen LogP contribution is -2.21. The van der Waals surface area contributed by atoms with Gasteiger partial charge in [-0.25, -0.2) is 4.79 Å². The van der Waals surface area contributed by atoms with Gasteiger partial charge in [0.25, 0.3) is 5.91 Å². The van der Waals surface area contributed by atoms with Gasteiger partial charge in [0.2, 0.25) is 0 Å². The minimum Gasteiger partial charge on any atom is -0.482 e. The number of rotatable bonds is 6.